The highest BCUT2D eigenvalue weighted by Gasteiger charge is 2.17. The number of nitrogens with zero attached hydrogens (tertiary/aromatic N) is 1. The van der Waals surface area contributed by atoms with Crippen LogP contribution in [0.15, 0.2) is 63.1 Å². The summed E-state index contributed by atoms with van der Waals surface area (Å²) in [6.45, 7) is 0.321. The second-order valence-electron chi connectivity index (χ2n) is 5.06. The number of aromatic hydroxyl groups is 1. The molecule has 1 heterocycles. The van der Waals surface area contributed by atoms with Crippen molar-refractivity contribution in [3.63, 3.8) is 0 Å². The highest BCUT2D eigenvalue weighted by atomic mass is 35.5. The fourth-order valence-corrected chi connectivity index (χ4v) is 3.37. The molecular formula is C17H15ClN2O3S. The average molecular weight is 363 g/mol. The number of H-pyrrole nitrogens is 1. The van der Waals surface area contributed by atoms with Crippen LogP contribution in [0, 0.1) is 0 Å². The Morgan fingerprint density at radius 1 is 1.25 bits per heavy atom. The van der Waals surface area contributed by atoms with Gasteiger partial charge >= 0.3 is 0 Å². The zero-order valence-electron chi connectivity index (χ0n) is 12.8. The first kappa shape index (κ1) is 16.5. The van der Waals surface area contributed by atoms with E-state index in [1.54, 1.807) is 19.2 Å². The smallest absolute Gasteiger partial charge is 0.282 e. The van der Waals surface area contributed by atoms with Gasteiger partial charge in [0.05, 0.1) is 18.7 Å². The van der Waals surface area contributed by atoms with E-state index in [0.717, 1.165) is 17.3 Å². The number of benzene rings is 2. The zero-order valence-corrected chi connectivity index (χ0v) is 14.4. The van der Waals surface area contributed by atoms with E-state index in [9.17, 15) is 9.90 Å². The van der Waals surface area contributed by atoms with Gasteiger partial charge in [0, 0.05) is 4.90 Å². The lowest BCUT2D eigenvalue weighted by Crippen LogP contribution is -2.07. The largest absolute Gasteiger partial charge is 0.497 e. The molecule has 0 spiro atoms. The number of rotatable bonds is 5. The van der Waals surface area contributed by atoms with E-state index in [4.69, 9.17) is 16.3 Å². The number of ether oxygens (including phenoxy) is 1. The van der Waals surface area contributed by atoms with Gasteiger partial charge in [0.25, 0.3) is 5.56 Å². The molecule has 0 fully saturated rings. The van der Waals surface area contributed by atoms with Crippen molar-refractivity contribution < 1.29 is 9.84 Å². The molecule has 24 heavy (non-hydrogen) atoms. The Balaban J connectivity index is 1.89. The predicted molar refractivity (Wildman–Crippen MR) is 94.4 cm³/mol. The third-order valence-corrected chi connectivity index (χ3v) is 5.01. The molecule has 0 unspecified atom stereocenters. The molecular weight excluding hydrogens is 348 g/mol. The first-order valence-electron chi connectivity index (χ1n) is 7.15. The molecule has 124 valence electrons. The molecule has 0 radical (unpaired) electrons. The van der Waals surface area contributed by atoms with Gasteiger partial charge in [0.2, 0.25) is 5.88 Å². The minimum absolute atomic E-state index is 0.118. The van der Waals surface area contributed by atoms with E-state index in [0.29, 0.717) is 22.2 Å². The zero-order chi connectivity index (χ0) is 17.1. The van der Waals surface area contributed by atoms with Crippen molar-refractivity contribution in [2.45, 2.75) is 16.3 Å². The third kappa shape index (κ3) is 3.44. The fourth-order valence-electron chi connectivity index (χ4n) is 2.25. The predicted octanol–water partition coefficient (Wildman–Crippen LogP) is 3.74. The van der Waals surface area contributed by atoms with E-state index in [1.165, 1.54) is 4.68 Å². The molecule has 0 bridgehead atoms. The Labute approximate surface area is 147 Å². The summed E-state index contributed by atoms with van der Waals surface area (Å²) < 4.78 is 6.58. The Morgan fingerprint density at radius 3 is 2.79 bits per heavy atom. The second-order valence-corrected chi connectivity index (χ2v) is 6.52. The molecule has 1 aromatic heterocycles. The summed E-state index contributed by atoms with van der Waals surface area (Å²) in [4.78, 5) is 13.1. The Hall–Kier alpha value is -2.31. The summed E-state index contributed by atoms with van der Waals surface area (Å²) >= 11 is 7.25. The van der Waals surface area contributed by atoms with Crippen molar-refractivity contribution >= 4 is 23.4 Å². The minimum Gasteiger partial charge on any atom is -0.497 e. The van der Waals surface area contributed by atoms with Gasteiger partial charge in [0.1, 0.15) is 10.6 Å². The highest BCUT2D eigenvalue weighted by molar-refractivity contribution is 7.99. The number of halogens is 1. The summed E-state index contributed by atoms with van der Waals surface area (Å²) in [5.41, 5.74) is 0.533. The Bertz CT molecular complexity index is 920. The van der Waals surface area contributed by atoms with Crippen molar-refractivity contribution in [1.82, 2.24) is 9.78 Å². The maximum atomic E-state index is 12.2. The third-order valence-electron chi connectivity index (χ3n) is 3.43. The van der Waals surface area contributed by atoms with E-state index >= 15 is 0 Å². The molecule has 0 aliphatic heterocycles. The van der Waals surface area contributed by atoms with Crippen LogP contribution < -0.4 is 10.3 Å². The number of hydrogen-bond donors (Lipinski definition) is 2. The standard InChI is InChI=1S/C17H15ClN2O3S/c1-23-12-6-4-5-11(9-12)10-20-17(22)15(16(21)19-20)24-14-8-3-2-7-13(14)18/h2-9,22H,10H2,1H3,(H,19,21). The van der Waals surface area contributed by atoms with Crippen LogP contribution in [0.2, 0.25) is 5.02 Å². The van der Waals surface area contributed by atoms with Crippen LogP contribution in [0.25, 0.3) is 0 Å². The van der Waals surface area contributed by atoms with Crippen LogP contribution >= 0.6 is 23.4 Å². The monoisotopic (exact) mass is 362 g/mol. The van der Waals surface area contributed by atoms with Crippen LogP contribution in [0.1, 0.15) is 5.56 Å². The fraction of sp³-hybridized carbons (Fsp3) is 0.118. The van der Waals surface area contributed by atoms with Crippen LogP contribution in [-0.2, 0) is 6.54 Å². The quantitative estimate of drug-likeness (QED) is 0.725. The first-order valence-corrected chi connectivity index (χ1v) is 8.35. The maximum Gasteiger partial charge on any atom is 0.282 e. The lowest BCUT2D eigenvalue weighted by Gasteiger charge is -2.07. The number of hydrogen-bond acceptors (Lipinski definition) is 4. The average Bonchev–Trinajstić information content (AvgIpc) is 2.84. The van der Waals surface area contributed by atoms with E-state index < -0.39 is 0 Å². The SMILES string of the molecule is COc1cccc(Cn2[nH]c(=O)c(Sc3ccccc3Cl)c2O)c1. The molecule has 0 saturated heterocycles. The van der Waals surface area contributed by atoms with Crippen LogP contribution in [0.3, 0.4) is 0 Å². The van der Waals surface area contributed by atoms with Crippen LogP contribution in [0.4, 0.5) is 0 Å². The van der Waals surface area contributed by atoms with Crippen molar-refractivity contribution in [2.75, 3.05) is 7.11 Å². The van der Waals surface area contributed by atoms with E-state index in [-0.39, 0.29) is 16.3 Å². The Kier molecular flexibility index (Phi) is 4.87. The number of aromatic nitrogens is 2. The second kappa shape index (κ2) is 7.07. The van der Waals surface area contributed by atoms with Gasteiger partial charge in [0.15, 0.2) is 0 Å². The lowest BCUT2D eigenvalue weighted by molar-refractivity contribution is 0.397. The van der Waals surface area contributed by atoms with Gasteiger partial charge in [-0.05, 0) is 29.8 Å². The number of methoxy groups -OCH3 is 1. The van der Waals surface area contributed by atoms with Gasteiger partial charge in [-0.2, -0.15) is 0 Å². The molecule has 2 aromatic carbocycles. The van der Waals surface area contributed by atoms with E-state index in [2.05, 4.69) is 5.10 Å². The molecule has 7 heteroatoms. The van der Waals surface area contributed by atoms with Crippen molar-refractivity contribution in [3.8, 4) is 11.6 Å². The summed E-state index contributed by atoms with van der Waals surface area (Å²) in [6, 6.07) is 14.6. The topological polar surface area (TPSA) is 67.2 Å². The van der Waals surface area contributed by atoms with Gasteiger partial charge in [-0.3, -0.25) is 9.89 Å². The lowest BCUT2D eigenvalue weighted by atomic mass is 10.2. The highest BCUT2D eigenvalue weighted by Crippen LogP contribution is 2.35. The van der Waals surface area contributed by atoms with Crippen molar-refractivity contribution in [2.24, 2.45) is 0 Å². The number of nitrogens with one attached hydrogen (secondary N) is 1. The minimum atomic E-state index is -0.361. The molecule has 5 nitrogen and oxygen atoms in total. The Morgan fingerprint density at radius 2 is 2.04 bits per heavy atom. The maximum absolute atomic E-state index is 12.2. The van der Waals surface area contributed by atoms with Crippen LogP contribution in [0.5, 0.6) is 11.6 Å². The molecule has 0 atom stereocenters. The molecule has 2 N–H and O–H groups in total. The molecule has 3 aromatic rings. The normalized spacial score (nSPS) is 10.8. The van der Waals surface area contributed by atoms with Gasteiger partial charge < -0.3 is 9.84 Å². The summed E-state index contributed by atoms with van der Waals surface area (Å²) in [5.74, 6) is 0.597. The molecule has 3 rings (SSSR count). The van der Waals surface area contributed by atoms with Gasteiger partial charge in [-0.1, -0.05) is 47.6 Å². The molecule has 0 aliphatic carbocycles. The van der Waals surface area contributed by atoms with Gasteiger partial charge in [-0.15, -0.1) is 0 Å². The first-order chi connectivity index (χ1) is 11.6. The molecule has 0 aliphatic rings. The summed E-state index contributed by atoms with van der Waals surface area (Å²) in [7, 11) is 1.59. The summed E-state index contributed by atoms with van der Waals surface area (Å²) in [6.07, 6.45) is 0. The molecule has 0 saturated carbocycles. The van der Waals surface area contributed by atoms with Crippen molar-refractivity contribution in [1.29, 1.82) is 0 Å². The molecule has 0 amide bonds. The van der Waals surface area contributed by atoms with E-state index in [1.807, 2.05) is 36.4 Å². The van der Waals surface area contributed by atoms with Crippen molar-refractivity contribution in [3.05, 3.63) is 69.5 Å². The van der Waals surface area contributed by atoms with Crippen LogP contribution in [-0.4, -0.2) is 22.0 Å². The number of aromatic amines is 1. The summed E-state index contributed by atoms with van der Waals surface area (Å²) in [5, 5.41) is 13.6. The van der Waals surface area contributed by atoms with Gasteiger partial charge in [-0.25, -0.2) is 4.68 Å².